The smallest absolute Gasteiger partial charge is 0.425 e. The number of carbonyl (C=O) groups excluding carboxylic acids is 2. The third kappa shape index (κ3) is 14.1. The van der Waals surface area contributed by atoms with Crippen LogP contribution in [0.5, 0.6) is 11.5 Å². The normalized spacial score (nSPS) is 12.0. The monoisotopic (exact) mass is 669 g/mol. The van der Waals surface area contributed by atoms with Crippen molar-refractivity contribution in [1.82, 2.24) is 4.98 Å². The maximum atomic E-state index is 13.5. The van der Waals surface area contributed by atoms with Gasteiger partial charge in [-0.3, -0.25) is 4.98 Å². The summed E-state index contributed by atoms with van der Waals surface area (Å²) in [6.07, 6.45) is 9.24. The van der Waals surface area contributed by atoms with E-state index in [2.05, 4.69) is 18.8 Å². The minimum atomic E-state index is -4.65. The van der Waals surface area contributed by atoms with Gasteiger partial charge in [0.05, 0.1) is 23.4 Å². The SMILES string of the molecule is CCCCCCCCCCOc1ccc(-c2ccc(C(=O)Oc3ccc(C(=O)OC(CCCCCCCC)C(F)(F)F)cc3)cn2)cc1. The predicted octanol–water partition coefficient (Wildman–Crippen LogP) is 11.3. The minimum absolute atomic E-state index is 0.0670. The number of rotatable bonds is 22. The van der Waals surface area contributed by atoms with Gasteiger partial charge < -0.3 is 14.2 Å². The molecule has 0 fully saturated rings. The molecule has 262 valence electrons. The van der Waals surface area contributed by atoms with Crippen molar-refractivity contribution in [2.45, 2.75) is 122 Å². The van der Waals surface area contributed by atoms with Crippen molar-refractivity contribution in [2.75, 3.05) is 6.61 Å². The second-order valence-electron chi connectivity index (χ2n) is 12.2. The highest BCUT2D eigenvalue weighted by Crippen LogP contribution is 2.29. The molecular formula is C39H50F3NO5. The maximum absolute atomic E-state index is 13.5. The Morgan fingerprint density at radius 1 is 0.646 bits per heavy atom. The zero-order chi connectivity index (χ0) is 34.6. The molecule has 0 aliphatic carbocycles. The summed E-state index contributed by atoms with van der Waals surface area (Å²) in [5, 5.41) is 0. The highest BCUT2D eigenvalue weighted by atomic mass is 19.4. The zero-order valence-corrected chi connectivity index (χ0v) is 28.4. The van der Waals surface area contributed by atoms with E-state index in [-0.39, 0.29) is 23.3 Å². The summed E-state index contributed by atoms with van der Waals surface area (Å²) in [5.41, 5.74) is 1.70. The summed E-state index contributed by atoms with van der Waals surface area (Å²) in [5.74, 6) is -0.814. The van der Waals surface area contributed by atoms with E-state index in [0.29, 0.717) is 25.1 Å². The van der Waals surface area contributed by atoms with Crippen LogP contribution in [0.4, 0.5) is 13.2 Å². The Labute approximate surface area is 283 Å². The van der Waals surface area contributed by atoms with E-state index in [1.54, 1.807) is 12.1 Å². The first kappa shape index (κ1) is 38.6. The molecule has 1 atom stereocenters. The van der Waals surface area contributed by atoms with E-state index in [4.69, 9.17) is 14.2 Å². The molecule has 3 rings (SSSR count). The molecule has 0 spiro atoms. The molecule has 1 aromatic heterocycles. The van der Waals surface area contributed by atoms with Crippen molar-refractivity contribution >= 4 is 11.9 Å². The molecule has 2 aromatic carbocycles. The Bertz CT molecular complexity index is 1340. The van der Waals surface area contributed by atoms with Gasteiger partial charge in [-0.15, -0.1) is 0 Å². The molecule has 0 aliphatic heterocycles. The molecule has 0 amide bonds. The van der Waals surface area contributed by atoms with Gasteiger partial charge in [-0.25, -0.2) is 9.59 Å². The summed E-state index contributed by atoms with van der Waals surface area (Å²) in [4.78, 5) is 29.6. The third-order valence-electron chi connectivity index (χ3n) is 8.15. The van der Waals surface area contributed by atoms with Crippen LogP contribution in [0.2, 0.25) is 0 Å². The van der Waals surface area contributed by atoms with Crippen LogP contribution in [0.15, 0.2) is 66.9 Å². The van der Waals surface area contributed by atoms with Crippen LogP contribution < -0.4 is 9.47 Å². The molecule has 48 heavy (non-hydrogen) atoms. The van der Waals surface area contributed by atoms with Crippen LogP contribution in [0.1, 0.15) is 131 Å². The highest BCUT2D eigenvalue weighted by Gasteiger charge is 2.42. The lowest BCUT2D eigenvalue weighted by atomic mass is 10.1. The van der Waals surface area contributed by atoms with Crippen molar-refractivity contribution in [3.63, 3.8) is 0 Å². The molecule has 0 saturated heterocycles. The average Bonchev–Trinajstić information content (AvgIpc) is 3.08. The van der Waals surface area contributed by atoms with Crippen molar-refractivity contribution < 1.29 is 37.0 Å². The Morgan fingerprint density at radius 2 is 1.19 bits per heavy atom. The van der Waals surface area contributed by atoms with Gasteiger partial charge in [0.1, 0.15) is 11.5 Å². The van der Waals surface area contributed by atoms with Gasteiger partial charge in [-0.05, 0) is 79.9 Å². The van der Waals surface area contributed by atoms with Gasteiger partial charge >= 0.3 is 18.1 Å². The first-order chi connectivity index (χ1) is 23.2. The Hall–Kier alpha value is -3.88. The van der Waals surface area contributed by atoms with Crippen molar-refractivity contribution in [3.8, 4) is 22.8 Å². The van der Waals surface area contributed by atoms with Crippen molar-refractivity contribution in [3.05, 3.63) is 78.0 Å². The van der Waals surface area contributed by atoms with Crippen molar-refractivity contribution in [1.29, 1.82) is 0 Å². The number of ether oxygens (including phenoxy) is 3. The minimum Gasteiger partial charge on any atom is -0.494 e. The molecule has 1 unspecified atom stereocenters. The first-order valence-corrected chi connectivity index (χ1v) is 17.5. The number of unbranched alkanes of at least 4 members (excludes halogenated alkanes) is 12. The highest BCUT2D eigenvalue weighted by molar-refractivity contribution is 5.92. The summed E-state index contributed by atoms with van der Waals surface area (Å²) in [6.45, 7) is 4.99. The van der Waals surface area contributed by atoms with Crippen molar-refractivity contribution in [2.24, 2.45) is 0 Å². The van der Waals surface area contributed by atoms with Gasteiger partial charge in [0.2, 0.25) is 0 Å². The fraction of sp³-hybridized carbons (Fsp3) is 0.513. The molecule has 0 N–H and O–H groups in total. The molecule has 3 aromatic rings. The van der Waals surface area contributed by atoms with Crippen LogP contribution in [0.25, 0.3) is 11.3 Å². The number of esters is 2. The third-order valence-corrected chi connectivity index (χ3v) is 8.15. The van der Waals surface area contributed by atoms with Gasteiger partial charge in [-0.1, -0.05) is 90.9 Å². The lowest BCUT2D eigenvalue weighted by Crippen LogP contribution is -2.33. The molecule has 0 saturated carbocycles. The number of hydrogen-bond donors (Lipinski definition) is 0. The second kappa shape index (κ2) is 21.2. The van der Waals surface area contributed by atoms with Gasteiger partial charge in [-0.2, -0.15) is 13.2 Å². The zero-order valence-electron chi connectivity index (χ0n) is 28.4. The molecule has 0 bridgehead atoms. The van der Waals surface area contributed by atoms with Gasteiger partial charge in [0, 0.05) is 11.8 Å². The molecule has 0 radical (unpaired) electrons. The van der Waals surface area contributed by atoms with Crippen LogP contribution >= 0.6 is 0 Å². The quantitative estimate of drug-likeness (QED) is 0.0602. The Kier molecular flexibility index (Phi) is 17.0. The van der Waals surface area contributed by atoms with Gasteiger partial charge in [0.25, 0.3) is 0 Å². The van der Waals surface area contributed by atoms with E-state index in [9.17, 15) is 22.8 Å². The van der Waals surface area contributed by atoms with Crippen LogP contribution in [0.3, 0.4) is 0 Å². The maximum Gasteiger partial charge on any atom is 0.425 e. The van der Waals surface area contributed by atoms with E-state index in [0.717, 1.165) is 43.4 Å². The number of hydrogen-bond acceptors (Lipinski definition) is 6. The van der Waals surface area contributed by atoms with E-state index >= 15 is 0 Å². The molecule has 6 nitrogen and oxygen atoms in total. The Morgan fingerprint density at radius 3 is 1.75 bits per heavy atom. The summed E-state index contributed by atoms with van der Waals surface area (Å²) in [6, 6.07) is 16.2. The van der Waals surface area contributed by atoms with Crippen LogP contribution in [-0.4, -0.2) is 35.8 Å². The topological polar surface area (TPSA) is 74.7 Å². The number of aromatic nitrogens is 1. The average molecular weight is 670 g/mol. The van der Waals surface area contributed by atoms with Crippen LogP contribution in [0, 0.1) is 0 Å². The number of nitrogens with zero attached hydrogens (tertiary/aromatic N) is 1. The standard InChI is InChI=1S/C39H50F3NO5/c1-3-5-7-9-11-12-14-16-28-46-33-23-18-30(19-24-33)35-27-22-32(29-43-35)38(45)47-34-25-20-31(21-26-34)37(44)48-36(39(40,41)42)17-15-13-10-8-6-4-2/h18-27,29,36H,3-17,28H2,1-2H3. The van der Waals surface area contributed by atoms with Crippen LogP contribution in [-0.2, 0) is 4.74 Å². The van der Waals surface area contributed by atoms with Gasteiger partial charge in [0.15, 0.2) is 6.10 Å². The largest absolute Gasteiger partial charge is 0.494 e. The summed E-state index contributed by atoms with van der Waals surface area (Å²) in [7, 11) is 0. The number of carbonyl (C=O) groups is 2. The summed E-state index contributed by atoms with van der Waals surface area (Å²) < 4.78 is 56.6. The van der Waals surface area contributed by atoms with E-state index in [1.165, 1.54) is 75.4 Å². The fourth-order valence-corrected chi connectivity index (χ4v) is 5.25. The first-order valence-electron chi connectivity index (χ1n) is 17.5. The number of pyridine rings is 1. The molecule has 9 heteroatoms. The molecule has 1 heterocycles. The lowest BCUT2D eigenvalue weighted by Gasteiger charge is -2.20. The number of halogens is 3. The molecule has 0 aliphatic rings. The van der Waals surface area contributed by atoms with E-state index in [1.807, 2.05) is 24.3 Å². The number of alkyl halides is 3. The Balaban J connectivity index is 1.44. The summed E-state index contributed by atoms with van der Waals surface area (Å²) >= 11 is 0. The van der Waals surface area contributed by atoms with E-state index < -0.39 is 24.2 Å². The fourth-order valence-electron chi connectivity index (χ4n) is 5.25. The predicted molar refractivity (Wildman–Crippen MR) is 182 cm³/mol. The number of benzene rings is 2. The second-order valence-corrected chi connectivity index (χ2v) is 12.2. The lowest BCUT2D eigenvalue weighted by molar-refractivity contribution is -0.206. The molecular weight excluding hydrogens is 619 g/mol.